The third-order valence-electron chi connectivity index (χ3n) is 3.39. The van der Waals surface area contributed by atoms with Gasteiger partial charge in [0.1, 0.15) is 10.8 Å². The summed E-state index contributed by atoms with van der Waals surface area (Å²) < 4.78 is 4.85. The fraction of sp³-hybridized carbons (Fsp3) is 0.235. The average molecular weight is 371 g/mol. The normalized spacial score (nSPS) is 10.5. The van der Waals surface area contributed by atoms with Crippen LogP contribution in [0, 0.1) is 6.92 Å². The maximum absolute atomic E-state index is 11.9. The van der Waals surface area contributed by atoms with Crippen molar-refractivity contribution in [3.8, 4) is 10.7 Å². The lowest BCUT2D eigenvalue weighted by molar-refractivity contribution is -0.124. The lowest BCUT2D eigenvalue weighted by atomic mass is 10.2. The fourth-order valence-corrected chi connectivity index (χ4v) is 2.98. The van der Waals surface area contributed by atoms with Gasteiger partial charge < -0.3 is 15.2 Å². The number of anilines is 1. The third kappa shape index (κ3) is 4.96. The lowest BCUT2D eigenvalue weighted by Gasteiger charge is -2.04. The number of carbonyl (C=O) groups excluding carboxylic acids is 2. The minimum Gasteiger partial charge on any atom is -0.360 e. The van der Waals surface area contributed by atoms with Crippen LogP contribution in [0.1, 0.15) is 17.9 Å². The summed E-state index contributed by atoms with van der Waals surface area (Å²) in [5.41, 5.74) is 1.64. The molecule has 26 heavy (non-hydrogen) atoms. The van der Waals surface area contributed by atoms with Crippen molar-refractivity contribution in [2.45, 2.75) is 19.8 Å². The van der Waals surface area contributed by atoms with E-state index in [0.717, 1.165) is 16.4 Å². The molecule has 134 valence electrons. The molecule has 0 spiro atoms. The Bertz CT molecular complexity index is 891. The van der Waals surface area contributed by atoms with E-state index in [9.17, 15) is 9.59 Å². The van der Waals surface area contributed by atoms with Crippen LogP contribution in [0.25, 0.3) is 10.7 Å². The topological polar surface area (TPSA) is 110 Å². The van der Waals surface area contributed by atoms with Crippen LogP contribution in [0.15, 0.2) is 40.4 Å². The molecule has 8 nitrogen and oxygen atoms in total. The Labute approximate surface area is 153 Å². The summed E-state index contributed by atoms with van der Waals surface area (Å²) in [5.74, 6) is 0.338. The Morgan fingerprint density at radius 2 is 2.15 bits per heavy atom. The van der Waals surface area contributed by atoms with E-state index in [-0.39, 0.29) is 24.8 Å². The van der Waals surface area contributed by atoms with E-state index in [1.807, 2.05) is 23.6 Å². The Balaban J connectivity index is 1.41. The number of aromatic nitrogens is 3. The summed E-state index contributed by atoms with van der Waals surface area (Å²) >= 11 is 1.49. The molecule has 0 radical (unpaired) electrons. The van der Waals surface area contributed by atoms with Crippen molar-refractivity contribution in [3.63, 3.8) is 0 Å². The average Bonchev–Trinajstić information content (AvgIpc) is 3.28. The van der Waals surface area contributed by atoms with E-state index in [4.69, 9.17) is 4.52 Å². The van der Waals surface area contributed by atoms with Gasteiger partial charge in [0.25, 0.3) is 0 Å². The van der Waals surface area contributed by atoms with Crippen molar-refractivity contribution in [2.24, 2.45) is 0 Å². The van der Waals surface area contributed by atoms with Crippen LogP contribution < -0.4 is 10.6 Å². The summed E-state index contributed by atoms with van der Waals surface area (Å²) in [5, 5.41) is 11.5. The lowest BCUT2D eigenvalue weighted by Crippen LogP contribution is -2.33. The molecule has 3 aromatic heterocycles. The summed E-state index contributed by atoms with van der Waals surface area (Å²) in [7, 11) is 0. The summed E-state index contributed by atoms with van der Waals surface area (Å²) in [6.45, 7) is 1.60. The number of rotatable bonds is 7. The van der Waals surface area contributed by atoms with Gasteiger partial charge in [-0.25, -0.2) is 4.98 Å². The molecule has 0 fully saturated rings. The number of pyridine rings is 1. The molecular weight excluding hydrogens is 354 g/mol. The molecule has 0 saturated heterocycles. The molecule has 0 atom stereocenters. The highest BCUT2D eigenvalue weighted by molar-refractivity contribution is 7.13. The molecule has 0 bridgehead atoms. The van der Waals surface area contributed by atoms with Gasteiger partial charge in [0, 0.05) is 24.1 Å². The number of thiazole rings is 1. The summed E-state index contributed by atoms with van der Waals surface area (Å²) in [6.07, 6.45) is 2.47. The first-order valence-electron chi connectivity index (χ1n) is 7.96. The van der Waals surface area contributed by atoms with Gasteiger partial charge in [0.05, 0.1) is 17.9 Å². The highest BCUT2D eigenvalue weighted by atomic mass is 32.1. The first-order chi connectivity index (χ1) is 12.6. The van der Waals surface area contributed by atoms with Crippen molar-refractivity contribution in [1.29, 1.82) is 0 Å². The largest absolute Gasteiger partial charge is 0.360 e. The Kier molecular flexibility index (Phi) is 5.69. The van der Waals surface area contributed by atoms with Crippen LogP contribution >= 0.6 is 11.3 Å². The number of hydrogen-bond donors (Lipinski definition) is 2. The maximum Gasteiger partial charge on any atom is 0.245 e. The minimum atomic E-state index is -0.363. The number of carbonyl (C=O) groups is 2. The van der Waals surface area contributed by atoms with Crippen molar-refractivity contribution >= 4 is 29.0 Å². The van der Waals surface area contributed by atoms with Crippen molar-refractivity contribution < 1.29 is 14.1 Å². The van der Waals surface area contributed by atoms with Crippen molar-refractivity contribution in [2.75, 3.05) is 11.9 Å². The number of nitrogens with zero attached hydrogens (tertiary/aromatic N) is 3. The number of aryl methyl sites for hydroxylation is 2. The zero-order chi connectivity index (χ0) is 18.4. The zero-order valence-corrected chi connectivity index (χ0v) is 14.9. The minimum absolute atomic E-state index is 0.124. The van der Waals surface area contributed by atoms with Crippen molar-refractivity contribution in [1.82, 2.24) is 20.4 Å². The number of hydrogen-bond acceptors (Lipinski definition) is 7. The van der Waals surface area contributed by atoms with E-state index >= 15 is 0 Å². The van der Waals surface area contributed by atoms with Crippen LogP contribution in [-0.2, 0) is 16.0 Å². The van der Waals surface area contributed by atoms with Gasteiger partial charge in [-0.2, -0.15) is 0 Å². The van der Waals surface area contributed by atoms with Gasteiger partial charge in [-0.3, -0.25) is 14.6 Å². The molecule has 0 aliphatic carbocycles. The molecule has 9 heteroatoms. The highest BCUT2D eigenvalue weighted by Crippen LogP contribution is 2.21. The molecule has 3 aromatic rings. The third-order valence-corrected chi connectivity index (χ3v) is 4.30. The molecule has 2 amide bonds. The van der Waals surface area contributed by atoms with Gasteiger partial charge in [0.15, 0.2) is 5.82 Å². The van der Waals surface area contributed by atoms with Gasteiger partial charge in [0.2, 0.25) is 11.8 Å². The molecule has 3 rings (SSSR count). The second-order valence-corrected chi connectivity index (χ2v) is 6.36. The molecular formula is C17H17N5O3S. The first kappa shape index (κ1) is 17.7. The number of nitrogens with one attached hydrogen (secondary N) is 2. The molecule has 0 aliphatic heterocycles. The predicted molar refractivity (Wildman–Crippen MR) is 96.5 cm³/mol. The van der Waals surface area contributed by atoms with Crippen LogP contribution in [0.3, 0.4) is 0 Å². The first-order valence-corrected chi connectivity index (χ1v) is 8.84. The molecule has 0 aliphatic rings. The van der Waals surface area contributed by atoms with Crippen LogP contribution in [0.2, 0.25) is 0 Å². The predicted octanol–water partition coefficient (Wildman–Crippen LogP) is 2.19. The van der Waals surface area contributed by atoms with Crippen LogP contribution in [0.4, 0.5) is 5.82 Å². The summed E-state index contributed by atoms with van der Waals surface area (Å²) in [4.78, 5) is 32.4. The number of amides is 2. The molecule has 3 heterocycles. The second-order valence-electron chi connectivity index (χ2n) is 5.51. The second kappa shape index (κ2) is 8.34. The van der Waals surface area contributed by atoms with Crippen LogP contribution in [-0.4, -0.2) is 33.5 Å². The van der Waals surface area contributed by atoms with Gasteiger partial charge in [-0.15, -0.1) is 11.3 Å². The van der Waals surface area contributed by atoms with Crippen molar-refractivity contribution in [3.05, 3.63) is 47.3 Å². The molecule has 0 unspecified atom stereocenters. The maximum atomic E-state index is 11.9. The Morgan fingerprint density at radius 3 is 2.88 bits per heavy atom. The van der Waals surface area contributed by atoms with Crippen LogP contribution in [0.5, 0.6) is 0 Å². The van der Waals surface area contributed by atoms with Gasteiger partial charge in [-0.05, 0) is 25.5 Å². The molecule has 2 N–H and O–H groups in total. The Hall–Kier alpha value is -3.07. The van der Waals surface area contributed by atoms with E-state index in [2.05, 4.69) is 25.8 Å². The van der Waals surface area contributed by atoms with E-state index in [0.29, 0.717) is 18.0 Å². The molecule has 0 aromatic carbocycles. The monoisotopic (exact) mass is 371 g/mol. The van der Waals surface area contributed by atoms with E-state index in [1.54, 1.807) is 19.2 Å². The standard InChI is InChI=1S/C17H17N5O3S/c1-11-8-14(22-25-11)21-16(24)9-19-15(23)6-5-12-10-26-17(20-12)13-4-2-3-7-18-13/h2-4,7-8,10H,5-6,9H2,1H3,(H,19,23)(H,21,22,24). The highest BCUT2D eigenvalue weighted by Gasteiger charge is 2.10. The van der Waals surface area contributed by atoms with Gasteiger partial charge in [-0.1, -0.05) is 11.2 Å². The summed E-state index contributed by atoms with van der Waals surface area (Å²) in [6, 6.07) is 7.25. The van der Waals surface area contributed by atoms with E-state index in [1.165, 1.54) is 11.3 Å². The SMILES string of the molecule is Cc1cc(NC(=O)CNC(=O)CCc2csc(-c3ccccn3)n2)no1. The zero-order valence-electron chi connectivity index (χ0n) is 14.1. The molecule has 0 saturated carbocycles. The van der Waals surface area contributed by atoms with Gasteiger partial charge >= 0.3 is 0 Å². The van der Waals surface area contributed by atoms with E-state index < -0.39 is 0 Å². The Morgan fingerprint density at radius 1 is 1.27 bits per heavy atom. The fourth-order valence-electron chi connectivity index (χ4n) is 2.15. The smallest absolute Gasteiger partial charge is 0.245 e. The quantitative estimate of drug-likeness (QED) is 0.659.